The fraction of sp³-hybridized carbons (Fsp3) is 0.370. The van der Waals surface area contributed by atoms with Gasteiger partial charge in [0.2, 0.25) is 16.0 Å². The number of carbonyl (C=O) groups is 1. The summed E-state index contributed by atoms with van der Waals surface area (Å²) in [5.41, 5.74) is 4.04. The van der Waals surface area contributed by atoms with Gasteiger partial charge in [-0.15, -0.1) is 5.10 Å². The molecule has 2 aromatic carbocycles. The van der Waals surface area contributed by atoms with Gasteiger partial charge < -0.3 is 20.3 Å². The first kappa shape index (κ1) is 25.5. The van der Waals surface area contributed by atoms with Gasteiger partial charge >= 0.3 is 0 Å². The third kappa shape index (κ3) is 5.96. The molecule has 0 atom stereocenters. The van der Waals surface area contributed by atoms with E-state index < -0.39 is 0 Å². The van der Waals surface area contributed by atoms with Crippen molar-refractivity contribution in [3.05, 3.63) is 59.7 Å². The molecule has 0 fully saturated rings. The largest absolute Gasteiger partial charge is 0.497 e. The summed E-state index contributed by atoms with van der Waals surface area (Å²) in [6, 6.07) is 16.1. The van der Waals surface area contributed by atoms with Crippen LogP contribution in [0, 0.1) is 0 Å². The van der Waals surface area contributed by atoms with Crippen LogP contribution in [-0.4, -0.2) is 46.7 Å². The van der Waals surface area contributed by atoms with Crippen molar-refractivity contribution in [1.29, 1.82) is 0 Å². The summed E-state index contributed by atoms with van der Waals surface area (Å²) < 4.78 is 7.03. The van der Waals surface area contributed by atoms with Crippen LogP contribution in [0.2, 0.25) is 0 Å². The number of rotatable bonds is 9. The van der Waals surface area contributed by atoms with E-state index in [1.54, 1.807) is 7.11 Å². The molecule has 0 aliphatic carbocycles. The van der Waals surface area contributed by atoms with Crippen molar-refractivity contribution in [2.45, 2.75) is 46.2 Å². The monoisotopic (exact) mass is 506 g/mol. The van der Waals surface area contributed by atoms with Crippen LogP contribution in [0.5, 0.6) is 5.75 Å². The maximum absolute atomic E-state index is 12.6. The number of likely N-dealkylation sites (N-methyl/N-ethyl adjacent to an activating group) is 1. The van der Waals surface area contributed by atoms with Gasteiger partial charge in [0.15, 0.2) is 5.82 Å². The Morgan fingerprint density at radius 3 is 2.36 bits per heavy atom. The molecule has 190 valence electrons. The van der Waals surface area contributed by atoms with Gasteiger partial charge in [-0.2, -0.15) is 4.52 Å². The standard InChI is InChI=1S/C27H34N6O2S/c1-7-18-8-12-20(13-9-18)23-24(30-27(2,3)4)33-25(29-23)36-26(31-33)32(5)17-22(34)28-16-19-10-14-21(35-6)15-11-19/h8-15,30H,7,16-17H2,1-6H3,(H,28,34). The summed E-state index contributed by atoms with van der Waals surface area (Å²) in [5, 5.41) is 12.1. The Bertz CT molecular complexity index is 1320. The molecule has 0 saturated heterocycles. The van der Waals surface area contributed by atoms with Crippen LogP contribution in [0.4, 0.5) is 10.9 Å². The third-order valence-corrected chi connectivity index (χ3v) is 6.70. The fourth-order valence-corrected chi connectivity index (χ4v) is 4.60. The van der Waals surface area contributed by atoms with E-state index in [0.29, 0.717) is 6.54 Å². The zero-order valence-electron chi connectivity index (χ0n) is 21.8. The van der Waals surface area contributed by atoms with E-state index in [1.165, 1.54) is 16.9 Å². The molecule has 0 unspecified atom stereocenters. The number of aryl methyl sites for hydroxylation is 1. The molecule has 9 heteroatoms. The first-order valence-electron chi connectivity index (χ1n) is 12.0. The summed E-state index contributed by atoms with van der Waals surface area (Å²) in [6.45, 7) is 9.14. The predicted molar refractivity (Wildman–Crippen MR) is 147 cm³/mol. The van der Waals surface area contributed by atoms with Crippen LogP contribution in [-0.2, 0) is 17.8 Å². The maximum Gasteiger partial charge on any atom is 0.239 e. The van der Waals surface area contributed by atoms with E-state index in [2.05, 4.69) is 62.6 Å². The molecule has 8 nitrogen and oxygen atoms in total. The first-order valence-corrected chi connectivity index (χ1v) is 12.9. The molecule has 36 heavy (non-hydrogen) atoms. The van der Waals surface area contributed by atoms with Crippen LogP contribution in [0.25, 0.3) is 16.2 Å². The molecule has 2 N–H and O–H groups in total. The highest BCUT2D eigenvalue weighted by molar-refractivity contribution is 7.20. The lowest BCUT2D eigenvalue weighted by molar-refractivity contribution is -0.119. The highest BCUT2D eigenvalue weighted by Gasteiger charge is 2.23. The minimum absolute atomic E-state index is 0.0779. The Balaban J connectivity index is 1.51. The zero-order valence-corrected chi connectivity index (χ0v) is 22.6. The minimum Gasteiger partial charge on any atom is -0.497 e. The number of anilines is 2. The number of nitrogens with zero attached hydrogens (tertiary/aromatic N) is 4. The van der Waals surface area contributed by atoms with E-state index in [0.717, 1.165) is 44.9 Å². The average molecular weight is 507 g/mol. The van der Waals surface area contributed by atoms with E-state index in [1.807, 2.05) is 40.7 Å². The highest BCUT2D eigenvalue weighted by Crippen LogP contribution is 2.34. The van der Waals surface area contributed by atoms with Crippen molar-refractivity contribution in [3.8, 4) is 17.0 Å². The Morgan fingerprint density at radius 2 is 1.75 bits per heavy atom. The minimum atomic E-state index is -0.175. The van der Waals surface area contributed by atoms with Crippen molar-refractivity contribution in [3.63, 3.8) is 0 Å². The molecule has 2 aromatic heterocycles. The summed E-state index contributed by atoms with van der Waals surface area (Å²) in [6.07, 6.45) is 0.997. The lowest BCUT2D eigenvalue weighted by Gasteiger charge is -2.22. The van der Waals surface area contributed by atoms with E-state index in [4.69, 9.17) is 14.8 Å². The number of methoxy groups -OCH3 is 1. The molecule has 0 saturated carbocycles. The number of fused-ring (bicyclic) bond motifs is 1. The number of aromatic nitrogens is 3. The number of hydrogen-bond acceptors (Lipinski definition) is 7. The Hall–Kier alpha value is -3.59. The summed E-state index contributed by atoms with van der Waals surface area (Å²) in [5.74, 6) is 1.56. The van der Waals surface area contributed by atoms with Gasteiger partial charge in [-0.1, -0.05) is 54.7 Å². The number of nitrogens with one attached hydrogen (secondary N) is 2. The van der Waals surface area contributed by atoms with Crippen molar-refractivity contribution in [2.24, 2.45) is 0 Å². The maximum atomic E-state index is 12.6. The smallest absolute Gasteiger partial charge is 0.239 e. The Labute approximate surface area is 216 Å². The van der Waals surface area contributed by atoms with Crippen LogP contribution < -0.4 is 20.3 Å². The second-order valence-corrected chi connectivity index (χ2v) is 10.7. The number of hydrogen-bond donors (Lipinski definition) is 2. The summed E-state index contributed by atoms with van der Waals surface area (Å²) >= 11 is 1.46. The van der Waals surface area contributed by atoms with Gasteiger partial charge in [-0.05, 0) is 50.5 Å². The van der Waals surface area contributed by atoms with Crippen LogP contribution in [0.15, 0.2) is 48.5 Å². The predicted octanol–water partition coefficient (Wildman–Crippen LogP) is 4.99. The third-order valence-electron chi connectivity index (χ3n) is 5.68. The van der Waals surface area contributed by atoms with Crippen molar-refractivity contribution < 1.29 is 9.53 Å². The average Bonchev–Trinajstić information content (AvgIpc) is 3.41. The molecular weight excluding hydrogens is 472 g/mol. The number of benzene rings is 2. The van der Waals surface area contributed by atoms with Crippen LogP contribution in [0.3, 0.4) is 0 Å². The number of imidazole rings is 1. The normalized spacial score (nSPS) is 11.5. The van der Waals surface area contributed by atoms with Gasteiger partial charge in [0.25, 0.3) is 0 Å². The lowest BCUT2D eigenvalue weighted by atomic mass is 10.1. The highest BCUT2D eigenvalue weighted by atomic mass is 32.1. The van der Waals surface area contributed by atoms with E-state index in [-0.39, 0.29) is 18.0 Å². The molecule has 4 aromatic rings. The van der Waals surface area contributed by atoms with Crippen molar-refractivity contribution in [1.82, 2.24) is 19.9 Å². The quantitative estimate of drug-likeness (QED) is 0.333. The topological polar surface area (TPSA) is 83.8 Å². The number of ether oxygens (including phenoxy) is 1. The van der Waals surface area contributed by atoms with Gasteiger partial charge in [0.1, 0.15) is 11.4 Å². The van der Waals surface area contributed by atoms with Gasteiger partial charge in [0, 0.05) is 24.7 Å². The fourth-order valence-electron chi connectivity index (χ4n) is 3.74. The van der Waals surface area contributed by atoms with Crippen LogP contribution in [0.1, 0.15) is 38.8 Å². The number of amides is 1. The van der Waals surface area contributed by atoms with Crippen LogP contribution >= 0.6 is 11.3 Å². The Morgan fingerprint density at radius 1 is 1.08 bits per heavy atom. The molecule has 2 heterocycles. The van der Waals surface area contributed by atoms with E-state index in [9.17, 15) is 4.79 Å². The zero-order chi connectivity index (χ0) is 25.9. The van der Waals surface area contributed by atoms with Gasteiger partial charge in [-0.3, -0.25) is 4.79 Å². The molecule has 0 radical (unpaired) electrons. The molecular formula is C27H34N6O2S. The Kier molecular flexibility index (Phi) is 7.49. The van der Waals surface area contributed by atoms with Gasteiger partial charge in [0.05, 0.1) is 13.7 Å². The van der Waals surface area contributed by atoms with E-state index >= 15 is 0 Å². The summed E-state index contributed by atoms with van der Waals surface area (Å²) in [4.78, 5) is 20.1. The second-order valence-electron chi connectivity index (χ2n) is 9.79. The molecule has 1 amide bonds. The molecule has 0 aliphatic rings. The lowest BCUT2D eigenvalue weighted by Crippen LogP contribution is -2.34. The summed E-state index contributed by atoms with van der Waals surface area (Å²) in [7, 11) is 3.50. The van der Waals surface area contributed by atoms with Crippen molar-refractivity contribution in [2.75, 3.05) is 30.9 Å². The molecule has 0 spiro atoms. The first-order chi connectivity index (χ1) is 17.2. The number of carbonyl (C=O) groups excluding carboxylic acids is 1. The molecule has 0 aliphatic heterocycles. The van der Waals surface area contributed by atoms with Gasteiger partial charge in [-0.25, -0.2) is 4.98 Å². The molecule has 0 bridgehead atoms. The van der Waals surface area contributed by atoms with Crippen molar-refractivity contribution >= 4 is 33.2 Å². The second kappa shape index (κ2) is 10.6. The molecule has 4 rings (SSSR count). The SMILES string of the molecule is CCc1ccc(-c2nc3sc(N(C)CC(=O)NCc4ccc(OC)cc4)nn3c2NC(C)(C)C)cc1.